The Morgan fingerprint density at radius 1 is 1.10 bits per heavy atom. The van der Waals surface area contributed by atoms with Crippen LogP contribution >= 0.6 is 0 Å². The Kier molecular flexibility index (Phi) is 6.95. The van der Waals surface area contributed by atoms with Gasteiger partial charge in [0.15, 0.2) is 0 Å². The maximum Gasteiger partial charge on any atom is 0.243 e. The van der Waals surface area contributed by atoms with Crippen molar-refractivity contribution in [1.29, 1.82) is 0 Å². The smallest absolute Gasteiger partial charge is 0.243 e. The molecule has 1 aliphatic rings. The van der Waals surface area contributed by atoms with Crippen LogP contribution in [0.5, 0.6) is 0 Å². The average molecular weight is 438 g/mol. The fourth-order valence-electron chi connectivity index (χ4n) is 3.40. The maximum atomic E-state index is 13.1. The molecule has 0 N–H and O–H groups in total. The van der Waals surface area contributed by atoms with Crippen LogP contribution in [0.2, 0.25) is 0 Å². The second-order valence-corrected chi connectivity index (χ2v) is 9.69. The van der Waals surface area contributed by atoms with Crippen molar-refractivity contribution in [2.75, 3.05) is 32.7 Å². The van der Waals surface area contributed by atoms with Crippen LogP contribution in [0, 0.1) is 12.7 Å². The lowest BCUT2D eigenvalue weighted by atomic mass is 10.2. The quantitative estimate of drug-likeness (QED) is 0.665. The lowest BCUT2D eigenvalue weighted by molar-refractivity contribution is -0.134. The van der Waals surface area contributed by atoms with Gasteiger partial charge in [-0.15, -0.1) is 0 Å². The van der Waals surface area contributed by atoms with E-state index in [0.29, 0.717) is 19.6 Å². The number of benzene rings is 1. The SMILES string of the molecule is Cc1ccc(CN(CC(=O)N2CCN(S(=O)(=O)c3ccc(F)cc3)CC2)C(C)C)o1. The van der Waals surface area contributed by atoms with Crippen molar-refractivity contribution < 1.29 is 22.0 Å². The summed E-state index contributed by atoms with van der Waals surface area (Å²) >= 11 is 0. The topological polar surface area (TPSA) is 74.1 Å². The number of sulfonamides is 1. The molecule has 1 aliphatic heterocycles. The number of carbonyl (C=O) groups excluding carboxylic acids is 1. The normalized spacial score (nSPS) is 15.9. The van der Waals surface area contributed by atoms with Crippen LogP contribution in [-0.4, -0.2) is 67.2 Å². The van der Waals surface area contributed by atoms with E-state index in [4.69, 9.17) is 4.42 Å². The number of hydrogen-bond donors (Lipinski definition) is 0. The highest BCUT2D eigenvalue weighted by atomic mass is 32.2. The van der Waals surface area contributed by atoms with Crippen LogP contribution in [-0.2, 0) is 21.4 Å². The molecule has 2 heterocycles. The number of rotatable bonds is 7. The summed E-state index contributed by atoms with van der Waals surface area (Å²) in [7, 11) is -3.70. The lowest BCUT2D eigenvalue weighted by Gasteiger charge is -2.35. The number of hydrogen-bond acceptors (Lipinski definition) is 5. The summed E-state index contributed by atoms with van der Waals surface area (Å²) in [6.07, 6.45) is 0. The van der Waals surface area contributed by atoms with Gasteiger partial charge in [0.05, 0.1) is 18.0 Å². The van der Waals surface area contributed by atoms with Crippen LogP contribution < -0.4 is 0 Å². The van der Waals surface area contributed by atoms with E-state index in [0.717, 1.165) is 23.7 Å². The Morgan fingerprint density at radius 3 is 2.27 bits per heavy atom. The summed E-state index contributed by atoms with van der Waals surface area (Å²) in [6, 6.07) is 8.75. The minimum atomic E-state index is -3.70. The second-order valence-electron chi connectivity index (χ2n) is 7.75. The number of nitrogens with zero attached hydrogens (tertiary/aromatic N) is 3. The molecular formula is C21H28FN3O4S. The molecule has 9 heteroatoms. The fourth-order valence-corrected chi connectivity index (χ4v) is 4.82. The standard InChI is InChI=1S/C21H28FN3O4S/c1-16(2)24(14-19-7-4-17(3)29-19)15-21(26)23-10-12-25(13-11-23)30(27,28)20-8-5-18(22)6-9-20/h4-9,16H,10-15H2,1-3H3. The highest BCUT2D eigenvalue weighted by Gasteiger charge is 2.31. The van der Waals surface area contributed by atoms with E-state index >= 15 is 0 Å². The molecule has 0 atom stereocenters. The lowest BCUT2D eigenvalue weighted by Crippen LogP contribution is -2.53. The van der Waals surface area contributed by atoms with Crippen molar-refractivity contribution in [2.45, 2.75) is 38.3 Å². The molecule has 0 unspecified atom stereocenters. The fraction of sp³-hybridized carbons (Fsp3) is 0.476. The zero-order valence-electron chi connectivity index (χ0n) is 17.5. The summed E-state index contributed by atoms with van der Waals surface area (Å²) in [5.74, 6) is 1.12. The first-order valence-electron chi connectivity index (χ1n) is 9.99. The summed E-state index contributed by atoms with van der Waals surface area (Å²) < 4.78 is 45.5. The van der Waals surface area contributed by atoms with Crippen molar-refractivity contribution >= 4 is 15.9 Å². The number of amides is 1. The second kappa shape index (κ2) is 9.28. The van der Waals surface area contributed by atoms with Crippen molar-refractivity contribution in [3.05, 3.63) is 53.7 Å². The molecule has 1 aromatic carbocycles. The number of carbonyl (C=O) groups is 1. The van der Waals surface area contributed by atoms with Crippen molar-refractivity contribution in [3.63, 3.8) is 0 Å². The van der Waals surface area contributed by atoms with Crippen LogP contribution in [0.15, 0.2) is 45.7 Å². The predicted octanol–water partition coefficient (Wildman–Crippen LogP) is 2.47. The molecule has 1 fully saturated rings. The minimum Gasteiger partial charge on any atom is -0.465 e. The van der Waals surface area contributed by atoms with Gasteiger partial charge in [0.25, 0.3) is 0 Å². The molecule has 164 valence electrons. The zero-order chi connectivity index (χ0) is 21.9. The van der Waals surface area contributed by atoms with Crippen molar-refractivity contribution in [2.24, 2.45) is 0 Å². The van der Waals surface area contributed by atoms with Crippen LogP contribution in [0.1, 0.15) is 25.4 Å². The number of aryl methyl sites for hydroxylation is 1. The third-order valence-corrected chi connectivity index (χ3v) is 7.18. The Balaban J connectivity index is 1.58. The van der Waals surface area contributed by atoms with E-state index in [1.54, 1.807) is 4.90 Å². The van der Waals surface area contributed by atoms with Gasteiger partial charge in [-0.2, -0.15) is 4.31 Å². The monoisotopic (exact) mass is 437 g/mol. The van der Waals surface area contributed by atoms with Gasteiger partial charge in [0.1, 0.15) is 17.3 Å². The van der Waals surface area contributed by atoms with Gasteiger partial charge in [-0.25, -0.2) is 12.8 Å². The van der Waals surface area contributed by atoms with Crippen LogP contribution in [0.25, 0.3) is 0 Å². The Labute approximate surface area is 177 Å². The Morgan fingerprint density at radius 2 is 1.73 bits per heavy atom. The highest BCUT2D eigenvalue weighted by Crippen LogP contribution is 2.19. The third-order valence-electron chi connectivity index (χ3n) is 5.27. The van der Waals surface area contributed by atoms with E-state index in [2.05, 4.69) is 0 Å². The number of piperazine rings is 1. The van der Waals surface area contributed by atoms with Gasteiger partial charge in [0, 0.05) is 32.2 Å². The molecule has 1 amide bonds. The van der Waals surface area contributed by atoms with E-state index in [9.17, 15) is 17.6 Å². The molecule has 7 nitrogen and oxygen atoms in total. The summed E-state index contributed by atoms with van der Waals surface area (Å²) in [6.45, 7) is 7.78. The van der Waals surface area contributed by atoms with Crippen molar-refractivity contribution in [3.8, 4) is 0 Å². The average Bonchev–Trinajstić information content (AvgIpc) is 3.12. The summed E-state index contributed by atoms with van der Waals surface area (Å²) in [5.41, 5.74) is 0. The first-order chi connectivity index (χ1) is 14.2. The van der Waals surface area contributed by atoms with Gasteiger partial charge < -0.3 is 9.32 Å². The van der Waals surface area contributed by atoms with Crippen LogP contribution in [0.3, 0.4) is 0 Å². The molecule has 0 bridgehead atoms. The van der Waals surface area contributed by atoms with Crippen LogP contribution in [0.4, 0.5) is 4.39 Å². The first-order valence-corrected chi connectivity index (χ1v) is 11.4. The maximum absolute atomic E-state index is 13.1. The van der Waals surface area contributed by atoms with E-state index < -0.39 is 15.8 Å². The summed E-state index contributed by atoms with van der Waals surface area (Å²) in [4.78, 5) is 16.6. The highest BCUT2D eigenvalue weighted by molar-refractivity contribution is 7.89. The third kappa shape index (κ3) is 5.27. The van der Waals surface area contributed by atoms with Gasteiger partial charge in [-0.3, -0.25) is 9.69 Å². The molecule has 1 saturated heterocycles. The van der Waals surface area contributed by atoms with Gasteiger partial charge in [-0.1, -0.05) is 0 Å². The van der Waals surface area contributed by atoms with Gasteiger partial charge in [-0.05, 0) is 57.2 Å². The molecule has 2 aromatic rings. The number of furan rings is 1. The van der Waals surface area contributed by atoms with E-state index in [1.807, 2.05) is 37.8 Å². The predicted molar refractivity (Wildman–Crippen MR) is 111 cm³/mol. The molecule has 30 heavy (non-hydrogen) atoms. The molecule has 0 aliphatic carbocycles. The van der Waals surface area contributed by atoms with E-state index in [-0.39, 0.29) is 36.5 Å². The van der Waals surface area contributed by atoms with E-state index in [1.165, 1.54) is 16.4 Å². The van der Waals surface area contributed by atoms with Gasteiger partial charge >= 0.3 is 0 Å². The minimum absolute atomic E-state index is 0.0363. The zero-order valence-corrected chi connectivity index (χ0v) is 18.4. The first kappa shape index (κ1) is 22.5. The Bertz CT molecular complexity index is 964. The summed E-state index contributed by atoms with van der Waals surface area (Å²) in [5, 5.41) is 0. The van der Waals surface area contributed by atoms with Crippen molar-refractivity contribution in [1.82, 2.24) is 14.1 Å². The molecule has 0 spiro atoms. The van der Waals surface area contributed by atoms with Gasteiger partial charge in [0.2, 0.25) is 15.9 Å². The molecular weight excluding hydrogens is 409 g/mol. The molecule has 1 aromatic heterocycles. The molecule has 0 radical (unpaired) electrons. The Hall–Kier alpha value is -2.23. The largest absolute Gasteiger partial charge is 0.465 e. The molecule has 0 saturated carbocycles. The molecule has 3 rings (SSSR count). The number of halogens is 1.